The molecular weight excluding hydrogens is 280 g/mol. The van der Waals surface area contributed by atoms with E-state index in [0.717, 1.165) is 51.9 Å². The molecule has 2 aliphatic rings. The molecule has 0 aliphatic carbocycles. The molecular formula is C16H26N4O2. The second-order valence-electron chi connectivity index (χ2n) is 6.75. The van der Waals surface area contributed by atoms with Crippen LogP contribution in [0, 0.1) is 5.92 Å². The second-order valence-corrected chi connectivity index (χ2v) is 6.75. The number of hydrogen-bond acceptors (Lipinski definition) is 3. The van der Waals surface area contributed by atoms with E-state index in [0.29, 0.717) is 12.5 Å². The molecule has 0 saturated carbocycles. The first-order chi connectivity index (χ1) is 10.6. The summed E-state index contributed by atoms with van der Waals surface area (Å²) in [5, 5.41) is 3.04. The average Bonchev–Trinajstić information content (AvgIpc) is 3.18. The van der Waals surface area contributed by atoms with Crippen LogP contribution in [0.5, 0.6) is 0 Å². The molecule has 2 amide bonds. The molecule has 2 aliphatic heterocycles. The summed E-state index contributed by atoms with van der Waals surface area (Å²) in [6.07, 6.45) is 9.90. The number of hydrogen-bond donors (Lipinski definition) is 1. The van der Waals surface area contributed by atoms with E-state index in [9.17, 15) is 4.79 Å². The fourth-order valence-electron chi connectivity index (χ4n) is 3.36. The third-order valence-corrected chi connectivity index (χ3v) is 4.84. The van der Waals surface area contributed by atoms with Crippen LogP contribution in [0.3, 0.4) is 0 Å². The molecule has 1 aromatic heterocycles. The average molecular weight is 306 g/mol. The van der Waals surface area contributed by atoms with Gasteiger partial charge >= 0.3 is 6.03 Å². The highest BCUT2D eigenvalue weighted by molar-refractivity contribution is 5.74. The van der Waals surface area contributed by atoms with E-state index < -0.39 is 0 Å². The molecule has 2 saturated heterocycles. The Morgan fingerprint density at radius 2 is 2.27 bits per heavy atom. The Balaban J connectivity index is 1.40. The van der Waals surface area contributed by atoms with Gasteiger partial charge in [-0.3, -0.25) is 0 Å². The number of imidazole rings is 1. The Kier molecular flexibility index (Phi) is 4.66. The van der Waals surface area contributed by atoms with Crippen molar-refractivity contribution in [3.05, 3.63) is 18.7 Å². The van der Waals surface area contributed by atoms with Crippen molar-refractivity contribution in [1.29, 1.82) is 0 Å². The van der Waals surface area contributed by atoms with Gasteiger partial charge in [0.2, 0.25) is 0 Å². The zero-order chi connectivity index (χ0) is 15.4. The van der Waals surface area contributed by atoms with Crippen molar-refractivity contribution in [2.24, 2.45) is 5.92 Å². The van der Waals surface area contributed by atoms with Gasteiger partial charge in [-0.2, -0.15) is 0 Å². The predicted molar refractivity (Wildman–Crippen MR) is 83.5 cm³/mol. The van der Waals surface area contributed by atoms with Gasteiger partial charge in [-0.05, 0) is 38.5 Å². The Labute approximate surface area is 131 Å². The third-order valence-electron chi connectivity index (χ3n) is 4.84. The van der Waals surface area contributed by atoms with Crippen LogP contribution in [0.1, 0.15) is 32.6 Å². The van der Waals surface area contributed by atoms with E-state index in [1.165, 1.54) is 0 Å². The lowest BCUT2D eigenvalue weighted by atomic mass is 9.97. The summed E-state index contributed by atoms with van der Waals surface area (Å²) >= 11 is 0. The number of nitrogens with one attached hydrogen (secondary N) is 1. The molecule has 6 nitrogen and oxygen atoms in total. The lowest BCUT2D eigenvalue weighted by Crippen LogP contribution is -2.49. The monoisotopic (exact) mass is 306 g/mol. The summed E-state index contributed by atoms with van der Waals surface area (Å²) in [4.78, 5) is 18.3. The maximum Gasteiger partial charge on any atom is 0.317 e. The summed E-state index contributed by atoms with van der Waals surface area (Å²) in [6, 6.07) is 0.0535. The molecule has 6 heteroatoms. The maximum absolute atomic E-state index is 12.3. The minimum absolute atomic E-state index is 0.0535. The molecule has 2 fully saturated rings. The van der Waals surface area contributed by atoms with Gasteiger partial charge in [0.25, 0.3) is 0 Å². The smallest absolute Gasteiger partial charge is 0.317 e. The first-order valence-electron chi connectivity index (χ1n) is 8.27. The number of urea groups is 1. The SMILES string of the molecule is C[C@@]1(CNC(=O)N2CCC(Cn3ccnc3)CC2)CCCO1. The van der Waals surface area contributed by atoms with Gasteiger partial charge in [-0.1, -0.05) is 0 Å². The van der Waals surface area contributed by atoms with E-state index in [2.05, 4.69) is 21.8 Å². The van der Waals surface area contributed by atoms with Crippen molar-refractivity contribution in [2.45, 2.75) is 44.8 Å². The molecule has 1 atom stereocenters. The van der Waals surface area contributed by atoms with Gasteiger partial charge in [0.1, 0.15) is 0 Å². The standard InChI is InChI=1S/C16H26N4O2/c1-16(5-2-10-22-16)12-18-15(21)20-7-3-14(4-8-20)11-19-9-6-17-13-19/h6,9,13-14H,2-5,7-8,10-12H2,1H3,(H,18,21)/t16-/m0/s1. The van der Waals surface area contributed by atoms with Crippen LogP contribution in [0.15, 0.2) is 18.7 Å². The van der Waals surface area contributed by atoms with E-state index in [4.69, 9.17) is 4.74 Å². The van der Waals surface area contributed by atoms with Gasteiger partial charge in [-0.15, -0.1) is 0 Å². The Bertz CT molecular complexity index is 474. The first kappa shape index (κ1) is 15.3. The van der Waals surface area contributed by atoms with Gasteiger partial charge in [-0.25, -0.2) is 9.78 Å². The quantitative estimate of drug-likeness (QED) is 0.924. The number of rotatable bonds is 4. The van der Waals surface area contributed by atoms with E-state index in [-0.39, 0.29) is 11.6 Å². The van der Waals surface area contributed by atoms with Crippen LogP contribution < -0.4 is 5.32 Å². The third kappa shape index (κ3) is 3.80. The molecule has 0 spiro atoms. The molecule has 0 bridgehead atoms. The topological polar surface area (TPSA) is 59.4 Å². The second kappa shape index (κ2) is 6.69. The van der Waals surface area contributed by atoms with E-state index in [1.807, 2.05) is 23.6 Å². The molecule has 3 heterocycles. The van der Waals surface area contributed by atoms with Gasteiger partial charge < -0.3 is 19.5 Å². The number of ether oxygens (including phenoxy) is 1. The number of likely N-dealkylation sites (tertiary alicyclic amines) is 1. The molecule has 22 heavy (non-hydrogen) atoms. The molecule has 3 rings (SSSR count). The number of carbonyl (C=O) groups is 1. The predicted octanol–water partition coefficient (Wildman–Crippen LogP) is 1.87. The lowest BCUT2D eigenvalue weighted by molar-refractivity contribution is 0.0215. The molecule has 1 aromatic rings. The number of amides is 2. The van der Waals surface area contributed by atoms with Crippen LogP contribution >= 0.6 is 0 Å². The zero-order valence-corrected chi connectivity index (χ0v) is 13.3. The number of carbonyl (C=O) groups excluding carboxylic acids is 1. The van der Waals surface area contributed by atoms with Crippen molar-refractivity contribution in [1.82, 2.24) is 19.8 Å². The van der Waals surface area contributed by atoms with Gasteiger partial charge in [0, 0.05) is 45.2 Å². The van der Waals surface area contributed by atoms with Crippen molar-refractivity contribution < 1.29 is 9.53 Å². The maximum atomic E-state index is 12.3. The zero-order valence-electron chi connectivity index (χ0n) is 13.3. The Morgan fingerprint density at radius 1 is 1.45 bits per heavy atom. The first-order valence-corrected chi connectivity index (χ1v) is 8.27. The molecule has 122 valence electrons. The number of aromatic nitrogens is 2. The normalized spacial score (nSPS) is 26.3. The van der Waals surface area contributed by atoms with Crippen molar-refractivity contribution in [2.75, 3.05) is 26.2 Å². The van der Waals surface area contributed by atoms with E-state index in [1.54, 1.807) is 0 Å². The van der Waals surface area contributed by atoms with Gasteiger partial charge in [0.05, 0.1) is 11.9 Å². The molecule has 0 radical (unpaired) electrons. The lowest BCUT2D eigenvalue weighted by Gasteiger charge is -2.33. The Morgan fingerprint density at radius 3 is 2.91 bits per heavy atom. The van der Waals surface area contributed by atoms with Crippen molar-refractivity contribution in [3.8, 4) is 0 Å². The minimum atomic E-state index is -0.171. The molecule has 1 N–H and O–H groups in total. The highest BCUT2D eigenvalue weighted by atomic mass is 16.5. The van der Waals surface area contributed by atoms with Crippen LogP contribution in [-0.2, 0) is 11.3 Å². The fraction of sp³-hybridized carbons (Fsp3) is 0.750. The number of nitrogens with zero attached hydrogens (tertiary/aromatic N) is 3. The van der Waals surface area contributed by atoms with Crippen molar-refractivity contribution >= 4 is 6.03 Å². The summed E-state index contributed by atoms with van der Waals surface area (Å²) in [5.41, 5.74) is -0.171. The van der Waals surface area contributed by atoms with Crippen molar-refractivity contribution in [3.63, 3.8) is 0 Å². The van der Waals surface area contributed by atoms with E-state index >= 15 is 0 Å². The van der Waals surface area contributed by atoms with Crippen LogP contribution in [-0.4, -0.2) is 52.3 Å². The summed E-state index contributed by atoms with van der Waals surface area (Å²) in [6.45, 7) is 6.18. The summed E-state index contributed by atoms with van der Waals surface area (Å²) in [5.74, 6) is 0.633. The van der Waals surface area contributed by atoms with Crippen LogP contribution in [0.2, 0.25) is 0 Å². The van der Waals surface area contributed by atoms with Crippen LogP contribution in [0.4, 0.5) is 4.79 Å². The largest absolute Gasteiger partial charge is 0.373 e. The number of piperidine rings is 1. The fourth-order valence-corrected chi connectivity index (χ4v) is 3.36. The molecule has 0 unspecified atom stereocenters. The molecule has 0 aromatic carbocycles. The minimum Gasteiger partial charge on any atom is -0.373 e. The van der Waals surface area contributed by atoms with Gasteiger partial charge in [0.15, 0.2) is 0 Å². The van der Waals surface area contributed by atoms with Crippen LogP contribution in [0.25, 0.3) is 0 Å². The summed E-state index contributed by atoms with van der Waals surface area (Å²) < 4.78 is 7.84. The Hall–Kier alpha value is -1.56. The highest BCUT2D eigenvalue weighted by Crippen LogP contribution is 2.24. The highest BCUT2D eigenvalue weighted by Gasteiger charge is 2.31. The summed E-state index contributed by atoms with van der Waals surface area (Å²) in [7, 11) is 0.